The molecule has 4 aromatic rings. The zero-order valence-electron chi connectivity index (χ0n) is 29.3. The van der Waals surface area contributed by atoms with Crippen LogP contribution in [0.1, 0.15) is 82.6 Å². The zero-order valence-corrected chi connectivity index (χ0v) is 29.3. The van der Waals surface area contributed by atoms with Crippen LogP contribution >= 0.6 is 0 Å². The first-order valence-electron chi connectivity index (χ1n) is 17.3. The third-order valence-electron chi connectivity index (χ3n) is 9.18. The van der Waals surface area contributed by atoms with Crippen LogP contribution in [0.4, 0.5) is 16.4 Å². The summed E-state index contributed by atoms with van der Waals surface area (Å²) in [7, 11) is 4.04. The summed E-state index contributed by atoms with van der Waals surface area (Å²) in [4.78, 5) is 22.6. The molecule has 2 amide bonds. The van der Waals surface area contributed by atoms with Gasteiger partial charge in [-0.3, -0.25) is 14.4 Å². The number of urea groups is 1. The summed E-state index contributed by atoms with van der Waals surface area (Å²) in [5.74, 6) is 2.02. The molecule has 1 aliphatic carbocycles. The third-order valence-corrected chi connectivity index (χ3v) is 9.18. The molecule has 3 N–H and O–H groups in total. The number of carbonyl (C=O) groups excluding carboxylic acids is 1. The van der Waals surface area contributed by atoms with Gasteiger partial charge in [-0.15, -0.1) is 10.2 Å². The molecule has 2 atom stereocenters. The van der Waals surface area contributed by atoms with Crippen LogP contribution in [0.25, 0.3) is 5.65 Å². The molecule has 1 saturated heterocycles. The second-order valence-electron chi connectivity index (χ2n) is 14.3. The molecule has 1 fully saturated rings. The number of amides is 2. The lowest BCUT2D eigenvalue weighted by Gasteiger charge is -2.32. The van der Waals surface area contributed by atoms with Crippen molar-refractivity contribution < 1.29 is 9.53 Å². The average molecular weight is 668 g/mol. The first-order valence-corrected chi connectivity index (χ1v) is 17.3. The molecular formula is C36H49N11O2. The van der Waals surface area contributed by atoms with Crippen LogP contribution in [0.2, 0.25) is 0 Å². The van der Waals surface area contributed by atoms with E-state index in [1.54, 1.807) is 6.20 Å². The highest BCUT2D eigenvalue weighted by atomic mass is 16.5. The Hall–Kier alpha value is -4.78. The number of aromatic nitrogens is 5. The van der Waals surface area contributed by atoms with Gasteiger partial charge >= 0.3 is 6.03 Å². The van der Waals surface area contributed by atoms with Crippen molar-refractivity contribution in [2.45, 2.75) is 78.0 Å². The van der Waals surface area contributed by atoms with Crippen molar-refractivity contribution in [1.29, 1.82) is 5.41 Å². The smallest absolute Gasteiger partial charge is 0.320 e. The number of piperidine rings is 1. The molecule has 6 rings (SSSR count). The number of nitrogens with zero attached hydrogens (tertiary/aromatic N) is 8. The maximum Gasteiger partial charge on any atom is 0.320 e. The number of carbonyl (C=O) groups is 1. The van der Waals surface area contributed by atoms with E-state index in [4.69, 9.17) is 15.1 Å². The Labute approximate surface area is 288 Å². The van der Waals surface area contributed by atoms with Gasteiger partial charge in [0.25, 0.3) is 0 Å². The molecule has 0 bridgehead atoms. The van der Waals surface area contributed by atoms with Gasteiger partial charge in [-0.05, 0) is 74.9 Å². The fraction of sp³-hybridized carbons (Fsp3) is 0.500. The highest BCUT2D eigenvalue weighted by Crippen LogP contribution is 2.39. The highest BCUT2D eigenvalue weighted by molar-refractivity contribution is 6.09. The van der Waals surface area contributed by atoms with Crippen LogP contribution in [-0.4, -0.2) is 80.6 Å². The Morgan fingerprint density at radius 3 is 2.57 bits per heavy atom. The van der Waals surface area contributed by atoms with Crippen molar-refractivity contribution in [3.8, 4) is 5.75 Å². The molecule has 0 saturated carbocycles. The SMILES string of the molecule is CN(C)CCn1cc(N=C(CC(=N)C(C)(C)C)NC(=O)NC2CCC(Oc3ccc4nnc(N5CCCCC5)n4c3)c3ccccc32)cn1. The number of aliphatic imine (C=N–C) groups is 1. The van der Waals surface area contributed by atoms with Gasteiger partial charge < -0.3 is 25.3 Å². The summed E-state index contributed by atoms with van der Waals surface area (Å²) in [5.41, 5.74) is 3.61. The molecular weight excluding hydrogens is 618 g/mol. The molecule has 1 aromatic carbocycles. The van der Waals surface area contributed by atoms with Crippen molar-refractivity contribution in [1.82, 2.24) is 39.9 Å². The largest absolute Gasteiger partial charge is 0.484 e. The number of pyridine rings is 1. The highest BCUT2D eigenvalue weighted by Gasteiger charge is 2.30. The lowest BCUT2D eigenvalue weighted by Crippen LogP contribution is -2.43. The van der Waals surface area contributed by atoms with E-state index in [9.17, 15) is 4.79 Å². The van der Waals surface area contributed by atoms with E-state index >= 15 is 0 Å². The van der Waals surface area contributed by atoms with Crippen molar-refractivity contribution in [2.75, 3.05) is 38.6 Å². The maximum atomic E-state index is 13.5. The molecule has 13 heteroatoms. The van der Waals surface area contributed by atoms with Crippen molar-refractivity contribution in [3.63, 3.8) is 0 Å². The van der Waals surface area contributed by atoms with E-state index < -0.39 is 0 Å². The van der Waals surface area contributed by atoms with Gasteiger partial charge in [-0.25, -0.2) is 9.79 Å². The van der Waals surface area contributed by atoms with E-state index in [2.05, 4.69) is 47.9 Å². The van der Waals surface area contributed by atoms with Crippen LogP contribution < -0.4 is 20.3 Å². The molecule has 1 aliphatic heterocycles. The first-order chi connectivity index (χ1) is 23.5. The summed E-state index contributed by atoms with van der Waals surface area (Å²) >= 11 is 0. The average Bonchev–Trinajstić information content (AvgIpc) is 3.71. The number of nitrogens with one attached hydrogen (secondary N) is 3. The molecule has 2 aliphatic rings. The van der Waals surface area contributed by atoms with Gasteiger partial charge in [0.1, 0.15) is 23.4 Å². The normalized spacial score (nSPS) is 18.4. The van der Waals surface area contributed by atoms with E-state index in [-0.39, 0.29) is 30.0 Å². The van der Waals surface area contributed by atoms with Crippen LogP contribution in [-0.2, 0) is 6.54 Å². The lowest BCUT2D eigenvalue weighted by molar-refractivity contribution is 0.171. The Balaban J connectivity index is 1.15. The van der Waals surface area contributed by atoms with E-state index in [1.165, 1.54) is 6.42 Å². The standard InChI is InChI=1S/C36H49N11O2/c1-36(2,3)31(37)21-32(39-25-22-38-46(23-25)20-19-44(4)5)41-34(48)40-29-14-15-30(28-12-8-7-11-27(28)29)49-26-13-16-33-42-43-35(47(33)24-26)45-17-9-6-10-18-45/h7-8,11-13,16,22-24,29-30,37H,6,9-10,14-15,17-21H2,1-5H3,(H2,39,40,41,48). The number of benzene rings is 1. The predicted molar refractivity (Wildman–Crippen MR) is 192 cm³/mol. The molecule has 0 spiro atoms. The van der Waals surface area contributed by atoms with Gasteiger partial charge in [0.15, 0.2) is 5.65 Å². The van der Waals surface area contributed by atoms with Crippen molar-refractivity contribution >= 4 is 34.9 Å². The Morgan fingerprint density at radius 1 is 1.04 bits per heavy atom. The number of fused-ring (bicyclic) bond motifs is 2. The van der Waals surface area contributed by atoms with Crippen molar-refractivity contribution in [3.05, 3.63) is 66.1 Å². The first kappa shape index (κ1) is 34.1. The van der Waals surface area contributed by atoms with Gasteiger partial charge in [0.05, 0.1) is 31.2 Å². The van der Waals surface area contributed by atoms with Gasteiger partial charge in [0.2, 0.25) is 5.95 Å². The van der Waals surface area contributed by atoms with Crippen LogP contribution in [0, 0.1) is 10.8 Å². The quantitative estimate of drug-likeness (QED) is 0.141. The zero-order chi connectivity index (χ0) is 34.5. The fourth-order valence-electron chi connectivity index (χ4n) is 6.29. The lowest BCUT2D eigenvalue weighted by atomic mass is 9.85. The number of hydrogen-bond donors (Lipinski definition) is 3. The number of rotatable bonds is 10. The topological polar surface area (TPSA) is 141 Å². The Kier molecular flexibility index (Phi) is 10.3. The minimum atomic E-state index is -0.361. The molecule has 4 heterocycles. The second-order valence-corrected chi connectivity index (χ2v) is 14.3. The molecule has 3 aromatic heterocycles. The van der Waals surface area contributed by atoms with Gasteiger partial charge in [0, 0.05) is 31.8 Å². The number of hydrogen-bond acceptors (Lipinski definition) is 9. The summed E-state index contributed by atoms with van der Waals surface area (Å²) in [6.07, 6.45) is 10.6. The van der Waals surface area contributed by atoms with Crippen LogP contribution in [0.15, 0.2) is 60.0 Å². The van der Waals surface area contributed by atoms with Crippen LogP contribution in [0.5, 0.6) is 5.75 Å². The third kappa shape index (κ3) is 8.45. The fourth-order valence-corrected chi connectivity index (χ4v) is 6.29. The van der Waals surface area contributed by atoms with E-state index in [1.807, 2.05) is 80.6 Å². The van der Waals surface area contributed by atoms with Gasteiger partial charge in [-0.2, -0.15) is 5.10 Å². The summed E-state index contributed by atoms with van der Waals surface area (Å²) < 4.78 is 10.5. The summed E-state index contributed by atoms with van der Waals surface area (Å²) in [5, 5.41) is 28.1. The molecule has 49 heavy (non-hydrogen) atoms. The Morgan fingerprint density at radius 2 is 1.82 bits per heavy atom. The monoisotopic (exact) mass is 667 g/mol. The molecule has 0 radical (unpaired) electrons. The number of ether oxygens (including phenoxy) is 1. The Bertz CT molecular complexity index is 1800. The minimum absolute atomic E-state index is 0.168. The molecule has 2 unspecified atom stereocenters. The maximum absolute atomic E-state index is 13.5. The summed E-state index contributed by atoms with van der Waals surface area (Å²) in [6, 6.07) is 11.5. The van der Waals surface area contributed by atoms with Crippen LogP contribution in [0.3, 0.4) is 0 Å². The predicted octanol–water partition coefficient (Wildman–Crippen LogP) is 5.92. The van der Waals surface area contributed by atoms with Crippen molar-refractivity contribution in [2.24, 2.45) is 10.4 Å². The number of anilines is 1. The second kappa shape index (κ2) is 14.8. The van der Waals surface area contributed by atoms with E-state index in [0.29, 0.717) is 23.7 Å². The minimum Gasteiger partial charge on any atom is -0.484 e. The molecule has 13 nitrogen and oxygen atoms in total. The molecule has 260 valence electrons. The van der Waals surface area contributed by atoms with E-state index in [0.717, 1.165) is 73.9 Å². The number of amidine groups is 1. The summed E-state index contributed by atoms with van der Waals surface area (Å²) in [6.45, 7) is 9.50. The number of likely N-dealkylation sites (N-methyl/N-ethyl adjacent to an activating group) is 1. The van der Waals surface area contributed by atoms with Gasteiger partial charge in [-0.1, -0.05) is 45.0 Å².